The van der Waals surface area contributed by atoms with Crippen molar-refractivity contribution in [1.29, 1.82) is 0 Å². The number of rotatable bonds is 3. The maximum absolute atomic E-state index is 12.1. The fourth-order valence-electron chi connectivity index (χ4n) is 2.98. The van der Waals surface area contributed by atoms with Crippen LogP contribution in [0.4, 0.5) is 13.2 Å². The zero-order valence-electron chi connectivity index (χ0n) is 9.59. The smallest absolute Gasteiger partial charge is 0.471 e. The minimum Gasteiger partial charge on any atom is -0.480 e. The van der Waals surface area contributed by atoms with Crippen LogP contribution in [0.1, 0.15) is 32.1 Å². The second-order valence-corrected chi connectivity index (χ2v) is 5.31. The number of carbonyl (C=O) groups is 2. The van der Waals surface area contributed by atoms with Gasteiger partial charge in [0.1, 0.15) is 6.04 Å². The van der Waals surface area contributed by atoms with Crippen LogP contribution in [0, 0.1) is 11.3 Å². The number of carboxylic acids is 1. The molecule has 2 fully saturated rings. The van der Waals surface area contributed by atoms with E-state index < -0.39 is 24.1 Å². The highest BCUT2D eigenvalue weighted by atomic mass is 19.4. The van der Waals surface area contributed by atoms with Gasteiger partial charge >= 0.3 is 18.1 Å². The minimum absolute atomic E-state index is 0.154. The Balaban J connectivity index is 1.93. The predicted octanol–water partition coefficient (Wildman–Crippen LogP) is 1.70. The second-order valence-electron chi connectivity index (χ2n) is 5.31. The first-order valence-electron chi connectivity index (χ1n) is 5.84. The summed E-state index contributed by atoms with van der Waals surface area (Å²) in [6.07, 6.45) is -0.707. The van der Waals surface area contributed by atoms with Crippen molar-refractivity contribution >= 4 is 11.9 Å². The number of carboxylic acid groups (broad SMARTS) is 1. The highest BCUT2D eigenvalue weighted by Crippen LogP contribution is 2.59. The SMILES string of the molecule is O=C(O)C(NC(=O)C(F)(F)F)C1CC2(CCC2)C1. The van der Waals surface area contributed by atoms with Crippen molar-refractivity contribution in [3.8, 4) is 0 Å². The molecule has 4 nitrogen and oxygen atoms in total. The fourth-order valence-corrected chi connectivity index (χ4v) is 2.98. The third kappa shape index (κ3) is 2.30. The van der Waals surface area contributed by atoms with Gasteiger partial charge in [0, 0.05) is 0 Å². The molecule has 102 valence electrons. The molecule has 1 spiro atoms. The van der Waals surface area contributed by atoms with Gasteiger partial charge in [-0.1, -0.05) is 6.42 Å². The molecule has 18 heavy (non-hydrogen) atoms. The predicted molar refractivity (Wildman–Crippen MR) is 54.6 cm³/mol. The van der Waals surface area contributed by atoms with Crippen molar-refractivity contribution in [1.82, 2.24) is 5.32 Å². The van der Waals surface area contributed by atoms with E-state index >= 15 is 0 Å². The van der Waals surface area contributed by atoms with Crippen molar-refractivity contribution in [2.24, 2.45) is 11.3 Å². The molecule has 0 heterocycles. The molecule has 1 atom stereocenters. The molecule has 7 heteroatoms. The van der Waals surface area contributed by atoms with E-state index in [-0.39, 0.29) is 11.3 Å². The van der Waals surface area contributed by atoms with Crippen molar-refractivity contribution in [3.05, 3.63) is 0 Å². The van der Waals surface area contributed by atoms with Gasteiger partial charge in [0.2, 0.25) is 0 Å². The molecule has 2 aliphatic rings. The molecule has 2 aliphatic carbocycles. The lowest BCUT2D eigenvalue weighted by atomic mass is 9.50. The normalized spacial score (nSPS) is 23.9. The Hall–Kier alpha value is -1.27. The number of halogens is 3. The number of hydrogen-bond acceptors (Lipinski definition) is 2. The summed E-state index contributed by atoms with van der Waals surface area (Å²) in [6, 6.07) is -1.43. The third-order valence-corrected chi connectivity index (χ3v) is 4.09. The van der Waals surface area contributed by atoms with Gasteiger partial charge < -0.3 is 10.4 Å². The number of hydrogen-bond donors (Lipinski definition) is 2. The number of alkyl halides is 3. The molecule has 1 unspecified atom stereocenters. The van der Waals surface area contributed by atoms with E-state index in [2.05, 4.69) is 0 Å². The van der Waals surface area contributed by atoms with E-state index in [1.807, 2.05) is 0 Å². The molecule has 0 radical (unpaired) electrons. The quantitative estimate of drug-likeness (QED) is 0.816. The molecule has 1 amide bonds. The number of nitrogens with one attached hydrogen (secondary N) is 1. The summed E-state index contributed by atoms with van der Waals surface area (Å²) in [7, 11) is 0. The lowest BCUT2D eigenvalue weighted by Gasteiger charge is -2.55. The van der Waals surface area contributed by atoms with Gasteiger partial charge in [-0.05, 0) is 37.0 Å². The van der Waals surface area contributed by atoms with Gasteiger partial charge in [0.05, 0.1) is 0 Å². The fraction of sp³-hybridized carbons (Fsp3) is 0.818. The van der Waals surface area contributed by atoms with Crippen LogP contribution in [0.25, 0.3) is 0 Å². The van der Waals surface area contributed by atoms with E-state index in [9.17, 15) is 22.8 Å². The molecular weight excluding hydrogens is 251 g/mol. The van der Waals surface area contributed by atoms with Crippen LogP contribution in [0.5, 0.6) is 0 Å². The van der Waals surface area contributed by atoms with E-state index in [1.165, 1.54) is 0 Å². The molecule has 0 aromatic rings. The zero-order chi connectivity index (χ0) is 13.6. The summed E-state index contributed by atoms with van der Waals surface area (Å²) in [4.78, 5) is 21.7. The van der Waals surface area contributed by atoms with Gasteiger partial charge in [0.15, 0.2) is 0 Å². The maximum atomic E-state index is 12.1. The lowest BCUT2D eigenvalue weighted by Crippen LogP contribution is -2.57. The summed E-state index contributed by atoms with van der Waals surface area (Å²) in [6.45, 7) is 0. The monoisotopic (exact) mass is 265 g/mol. The van der Waals surface area contributed by atoms with Crippen LogP contribution in [-0.2, 0) is 9.59 Å². The first-order chi connectivity index (χ1) is 8.23. The first-order valence-corrected chi connectivity index (χ1v) is 5.84. The van der Waals surface area contributed by atoms with Crippen molar-refractivity contribution in [3.63, 3.8) is 0 Å². The van der Waals surface area contributed by atoms with Gasteiger partial charge in [0.25, 0.3) is 0 Å². The molecule has 2 N–H and O–H groups in total. The minimum atomic E-state index is -5.04. The average molecular weight is 265 g/mol. The molecule has 2 rings (SSSR count). The van der Waals surface area contributed by atoms with Crippen LogP contribution < -0.4 is 5.32 Å². The van der Waals surface area contributed by atoms with Gasteiger partial charge in [-0.3, -0.25) is 4.79 Å². The van der Waals surface area contributed by atoms with Crippen LogP contribution in [0.15, 0.2) is 0 Å². The van der Waals surface area contributed by atoms with Crippen LogP contribution in [-0.4, -0.2) is 29.2 Å². The Labute approximate surface area is 102 Å². The van der Waals surface area contributed by atoms with Crippen LogP contribution in [0.3, 0.4) is 0 Å². The summed E-state index contributed by atoms with van der Waals surface area (Å²) >= 11 is 0. The Morgan fingerprint density at radius 3 is 2.17 bits per heavy atom. The number of aliphatic carboxylic acids is 1. The van der Waals surface area contributed by atoms with Crippen molar-refractivity contribution < 1.29 is 27.9 Å². The standard InChI is InChI=1S/C11H14F3NO3/c12-11(13,14)9(18)15-7(8(16)17)6-4-10(5-6)2-1-3-10/h6-7H,1-5H2,(H,15,18)(H,16,17). The molecular formula is C11H14F3NO3. The summed E-state index contributed by atoms with van der Waals surface area (Å²) in [5.41, 5.74) is 0.154. The molecule has 0 bridgehead atoms. The van der Waals surface area contributed by atoms with Gasteiger partial charge in [-0.15, -0.1) is 0 Å². The van der Waals surface area contributed by atoms with E-state index in [0.29, 0.717) is 12.8 Å². The number of carbonyl (C=O) groups excluding carboxylic acids is 1. The maximum Gasteiger partial charge on any atom is 0.471 e. The first kappa shape index (κ1) is 13.2. The topological polar surface area (TPSA) is 66.4 Å². The van der Waals surface area contributed by atoms with Gasteiger partial charge in [-0.25, -0.2) is 4.79 Å². The molecule has 0 saturated heterocycles. The van der Waals surface area contributed by atoms with Gasteiger partial charge in [-0.2, -0.15) is 13.2 Å². The molecule has 0 aromatic carbocycles. The van der Waals surface area contributed by atoms with Crippen LogP contribution in [0.2, 0.25) is 0 Å². The molecule has 0 aliphatic heterocycles. The molecule has 0 aromatic heterocycles. The van der Waals surface area contributed by atoms with Crippen molar-refractivity contribution in [2.45, 2.75) is 44.3 Å². The Morgan fingerprint density at radius 2 is 1.83 bits per heavy atom. The Morgan fingerprint density at radius 1 is 1.28 bits per heavy atom. The largest absolute Gasteiger partial charge is 0.480 e. The lowest BCUT2D eigenvalue weighted by molar-refractivity contribution is -0.177. The summed E-state index contributed by atoms with van der Waals surface area (Å²) in [5.74, 6) is -3.95. The molecule has 2 saturated carbocycles. The average Bonchev–Trinajstić information content (AvgIpc) is 2.09. The van der Waals surface area contributed by atoms with Crippen LogP contribution >= 0.6 is 0 Å². The highest BCUT2D eigenvalue weighted by Gasteiger charge is 2.53. The summed E-state index contributed by atoms with van der Waals surface area (Å²) in [5, 5.41) is 10.5. The second kappa shape index (κ2) is 4.13. The van der Waals surface area contributed by atoms with E-state index in [1.54, 1.807) is 5.32 Å². The Bertz CT molecular complexity index is 368. The highest BCUT2D eigenvalue weighted by molar-refractivity contribution is 5.87. The van der Waals surface area contributed by atoms with E-state index in [4.69, 9.17) is 5.11 Å². The zero-order valence-corrected chi connectivity index (χ0v) is 9.59. The van der Waals surface area contributed by atoms with Crippen molar-refractivity contribution in [2.75, 3.05) is 0 Å². The number of amides is 1. The third-order valence-electron chi connectivity index (χ3n) is 4.09. The Kier molecular flexibility index (Phi) is 3.03. The summed E-state index contributed by atoms with van der Waals surface area (Å²) < 4.78 is 36.2. The van der Waals surface area contributed by atoms with E-state index in [0.717, 1.165) is 19.3 Å².